The van der Waals surface area contributed by atoms with Gasteiger partial charge in [0.2, 0.25) is 0 Å². The molecule has 670 valence electrons. The number of benzene rings is 4. The number of fused-ring (bicyclic) bond motifs is 27. The van der Waals surface area contributed by atoms with E-state index in [1.54, 1.807) is 38.7 Å². The molecule has 0 radical (unpaired) electrons. The number of nitrogens with zero attached hydrogens (tertiary/aromatic N) is 2. The van der Waals surface area contributed by atoms with Crippen LogP contribution in [0.3, 0.4) is 0 Å². The van der Waals surface area contributed by atoms with E-state index in [0.29, 0.717) is 0 Å². The van der Waals surface area contributed by atoms with Crippen LogP contribution < -0.4 is 19.2 Å². The van der Waals surface area contributed by atoms with Crippen molar-refractivity contribution in [3.05, 3.63) is 271 Å². The molecule has 4 aliphatic rings. The zero-order chi connectivity index (χ0) is 92.7. The molecule has 0 saturated carbocycles. The number of rotatable bonds is 0. The third kappa shape index (κ3) is 17.3. The fourth-order valence-corrected chi connectivity index (χ4v) is 54.7. The monoisotopic (exact) mass is 2100 g/mol. The van der Waals surface area contributed by atoms with Crippen molar-refractivity contribution in [2.45, 2.75) is 188 Å². The molecule has 4 aromatic carbocycles. The molecule has 0 unspecified atom stereocenters. The van der Waals surface area contributed by atoms with E-state index in [0.717, 1.165) is 0 Å². The molecule has 0 saturated heterocycles. The molecule has 27 rings (SSSR count). The Morgan fingerprint density at radius 1 is 0.237 bits per heavy atom. The van der Waals surface area contributed by atoms with E-state index >= 15 is 0 Å². The van der Waals surface area contributed by atoms with Crippen molar-refractivity contribution in [2.75, 3.05) is 0 Å². The quantitative estimate of drug-likeness (QED) is 0.134. The molecule has 2 aliphatic heterocycles. The summed E-state index contributed by atoms with van der Waals surface area (Å²) in [6.45, 7) is 53.7. The van der Waals surface area contributed by atoms with Gasteiger partial charge in [0.15, 0.2) is 0 Å². The fourth-order valence-electron chi connectivity index (χ4n) is 19.4. The first kappa shape index (κ1) is 93.7. The third-order valence-electron chi connectivity index (χ3n) is 25.9. The van der Waals surface area contributed by atoms with Crippen LogP contribution in [0, 0.1) is 125 Å². The van der Waals surface area contributed by atoms with Gasteiger partial charge in [0.25, 0.3) is 0 Å². The van der Waals surface area contributed by atoms with Gasteiger partial charge >= 0.3 is 102 Å². The number of thiophene rings is 17. The zero-order valence-corrected chi connectivity index (χ0v) is 96.8. The second kappa shape index (κ2) is 35.6. The van der Waals surface area contributed by atoms with Crippen LogP contribution in [0.2, 0.25) is 24.6 Å². The minimum atomic E-state index is -1.86. The van der Waals surface area contributed by atoms with E-state index in [1.807, 2.05) is 193 Å². The van der Waals surface area contributed by atoms with Gasteiger partial charge in [-0.2, -0.15) is 0 Å². The molecule has 0 spiro atoms. The molecule has 2 aliphatic carbocycles. The maximum atomic E-state index is 2.53. The smallest absolute Gasteiger partial charge is 0.116 e. The van der Waals surface area contributed by atoms with Crippen molar-refractivity contribution >= 4 is 332 Å². The minimum Gasteiger partial charge on any atom is -0.344 e. The summed E-state index contributed by atoms with van der Waals surface area (Å²) in [5.74, 6) is 5.06. The van der Waals surface area contributed by atoms with Crippen molar-refractivity contribution in [3.8, 4) is 40.4 Å². The Labute approximate surface area is 843 Å². The van der Waals surface area contributed by atoms with Gasteiger partial charge in [-0.3, -0.25) is 0 Å². The van der Waals surface area contributed by atoms with Crippen LogP contribution in [0.25, 0.3) is 139 Å². The predicted molar refractivity (Wildman–Crippen MR) is 620 cm³/mol. The molecular formula is C110H110GeN2S17Si. The molecular weight excluding hydrogens is 2000 g/mol. The maximum Gasteiger partial charge on any atom is 0.116 e. The van der Waals surface area contributed by atoms with Gasteiger partial charge in [-0.25, -0.2) is 0 Å². The SMILES string of the molecule is Cc1c[c]2c(s1)-c1sc(C)c[c]1[Ge]2([CH3])[CH3].Cc1cc2c(s1)-c1sc(C)cc1C2(C)C.Cc1cc2c(s1)-c1sc(C)cc1[Si]2(C)C.Cc1cc2c(s1)c1sc(C)cc1n2C.Cc1cc2sc(C)cc2s1.Cc1cc2sc3c4sc(C)cc4sc3c2s1.Cc1cc2sc3cc(C)sc3c2s1.Cc1ccc2c(c1)C(C)(C)c1cc(C)ccc1-2.Cc1ccc2c3ccc(C)cc3n(C)c2c1. The van der Waals surface area contributed by atoms with Crippen molar-refractivity contribution < 1.29 is 0 Å². The fraction of sp³-hybridized carbons (Fsp3) is 0.273. The third-order valence-corrected chi connectivity index (χ3v) is 57.7. The topological polar surface area (TPSA) is 9.86 Å². The number of aryl methyl sites for hydroxylation is 20. The Bertz CT molecular complexity index is 7650. The van der Waals surface area contributed by atoms with Crippen LogP contribution in [0.5, 0.6) is 0 Å². The first-order valence-electron chi connectivity index (χ1n) is 44.5. The van der Waals surface area contributed by atoms with Gasteiger partial charge in [-0.15, -0.1) is 170 Å². The number of hydrogen-bond acceptors (Lipinski definition) is 17. The van der Waals surface area contributed by atoms with Crippen LogP contribution in [-0.2, 0) is 24.9 Å². The Hall–Kier alpha value is -6.30. The van der Waals surface area contributed by atoms with Crippen molar-refractivity contribution in [3.63, 3.8) is 0 Å². The number of hydrogen-bond donors (Lipinski definition) is 0. The molecule has 2 nitrogen and oxygen atoms in total. The van der Waals surface area contributed by atoms with E-state index in [1.165, 1.54) is 232 Å². The summed E-state index contributed by atoms with van der Waals surface area (Å²) < 4.78 is 28.7. The van der Waals surface area contributed by atoms with Crippen LogP contribution in [0.4, 0.5) is 0 Å². The van der Waals surface area contributed by atoms with E-state index in [-0.39, 0.29) is 10.8 Å². The molecule has 21 heteroatoms. The molecule has 0 bridgehead atoms. The van der Waals surface area contributed by atoms with Gasteiger partial charge in [0.1, 0.15) is 8.07 Å². The normalized spacial score (nSPS) is 13.9. The van der Waals surface area contributed by atoms with E-state index < -0.39 is 21.3 Å². The predicted octanol–water partition coefficient (Wildman–Crippen LogP) is 38.2. The van der Waals surface area contributed by atoms with E-state index in [2.05, 4.69) is 358 Å². The average molecular weight is 2110 g/mol. The van der Waals surface area contributed by atoms with Crippen molar-refractivity contribution in [1.29, 1.82) is 0 Å². The Morgan fingerprint density at radius 2 is 0.519 bits per heavy atom. The van der Waals surface area contributed by atoms with Crippen LogP contribution in [0.15, 0.2) is 158 Å². The Kier molecular flexibility index (Phi) is 25.5. The van der Waals surface area contributed by atoms with Crippen LogP contribution in [0.1, 0.15) is 140 Å². The summed E-state index contributed by atoms with van der Waals surface area (Å²) >= 11 is 31.1. The summed E-state index contributed by atoms with van der Waals surface area (Å²) in [6.07, 6.45) is 0. The van der Waals surface area contributed by atoms with E-state index in [4.69, 9.17) is 0 Å². The molecule has 0 atom stereocenters. The second-order valence-corrected chi connectivity index (χ2v) is 72.4. The summed E-state index contributed by atoms with van der Waals surface area (Å²) in [7, 11) is 2.98. The van der Waals surface area contributed by atoms with Crippen LogP contribution >= 0.6 is 193 Å². The molecule has 131 heavy (non-hydrogen) atoms. The molecule has 0 fully saturated rings. The molecule has 0 amide bonds. The minimum absolute atomic E-state index is 0.142. The van der Waals surface area contributed by atoms with Crippen molar-refractivity contribution in [1.82, 2.24) is 9.13 Å². The summed E-state index contributed by atoms with van der Waals surface area (Å²) in [5, 5.41) is 6.05. The van der Waals surface area contributed by atoms with Gasteiger partial charge < -0.3 is 9.13 Å². The van der Waals surface area contributed by atoms with Crippen molar-refractivity contribution in [2.24, 2.45) is 14.1 Å². The first-order valence-corrected chi connectivity index (χ1v) is 67.7. The van der Waals surface area contributed by atoms with Gasteiger partial charge in [0.05, 0.1) is 48.6 Å². The summed E-state index contributed by atoms with van der Waals surface area (Å²) in [6, 6.07) is 59.8. The largest absolute Gasteiger partial charge is 0.344 e. The standard InChI is InChI=1S/C17H18.C15H15N.C13H14S2.C12H14GeS2.C12H8S4.C12H14S2Si.C11H11NS2.C10H8S3.C8H8S2/c1-11-5-7-13-14-8-6-12(2)10-16(14)17(3,4)15(13)9-11;1-10-4-6-12-13-7-5-11(2)9-15(13)16(3)14(12)8-10;2*1-7-5-9-11(14-7)12-10(13(9,3)4)6-8(2)15-12;1-5-3-7-9(13-5)11-12(15-7)10-8(16-11)4-6(2)14-10;1-7-5-9-11(13-7)12-10(15(9,3)4)6-8(2)14-12;1-6-4-8-10(13-6)11-9(12(8)3)5-7(2)14-11;1-5-3-7-9(11-5)10-8(13-7)4-6(2)12-10;1-5-3-7-8(9-5)4-6(2)10-7/h5-10H,1-4H3;4-9H,1-3H3;2*5-6H,1-4H3;3-4H,1-2H3;5-6H,1-4H3;4-5H,1-3H3;3-4H,1-2H3;3-4H,1-2H3. The van der Waals surface area contributed by atoms with Gasteiger partial charge in [-0.05, 0) is 251 Å². The molecule has 0 N–H and O–H groups in total. The summed E-state index contributed by atoms with van der Waals surface area (Å²) in [4.78, 5) is 29.5. The average Bonchev–Trinajstić information content (AvgIpc) is 1.73. The van der Waals surface area contributed by atoms with Gasteiger partial charge in [-0.1, -0.05) is 113 Å². The molecule has 23 aromatic rings. The molecule has 19 aromatic heterocycles. The number of aromatic nitrogens is 2. The van der Waals surface area contributed by atoms with E-state index in [9.17, 15) is 0 Å². The van der Waals surface area contributed by atoms with Crippen LogP contribution in [-0.4, -0.2) is 30.5 Å². The zero-order valence-electron chi connectivity index (χ0n) is 79.8. The first-order chi connectivity index (χ1) is 62.0. The maximum absolute atomic E-state index is 2.53. The summed E-state index contributed by atoms with van der Waals surface area (Å²) in [5.41, 5.74) is 19.9. The second-order valence-electron chi connectivity index (χ2n) is 38.1. The molecule has 21 heterocycles. The Balaban J connectivity index is 0.0000000956. The Morgan fingerprint density at radius 3 is 0.916 bits per heavy atom. The van der Waals surface area contributed by atoms with Gasteiger partial charge in [0, 0.05) is 153 Å².